The lowest BCUT2D eigenvalue weighted by molar-refractivity contribution is -0.149. The van der Waals surface area contributed by atoms with Gasteiger partial charge in [-0.25, -0.2) is 4.98 Å². The van der Waals surface area contributed by atoms with Crippen molar-refractivity contribution in [2.45, 2.75) is 39.2 Å². The average molecular weight is 377 g/mol. The van der Waals surface area contributed by atoms with E-state index in [1.807, 2.05) is 24.3 Å². The van der Waals surface area contributed by atoms with Crippen molar-refractivity contribution in [1.82, 2.24) is 15.6 Å². The standard InChI is InChI=1S/C18H23N3O4S/c1-3-19-18(24)12(2)20-15(22)11-25-17(23)10-6-9-16-21-13-7-4-5-8-14(13)26-16/h4-5,7-8,12H,3,6,9-11H2,1-2H3,(H,19,24)(H,20,22)/t12-/m1/s1. The van der Waals surface area contributed by atoms with Crippen LogP contribution in [0.1, 0.15) is 31.7 Å². The van der Waals surface area contributed by atoms with Gasteiger partial charge in [-0.1, -0.05) is 12.1 Å². The molecule has 0 aliphatic rings. The molecule has 0 fully saturated rings. The number of aryl methyl sites for hydroxylation is 1. The second kappa shape index (κ2) is 9.86. The molecule has 1 heterocycles. The van der Waals surface area contributed by atoms with E-state index in [1.165, 1.54) is 0 Å². The Balaban J connectivity index is 1.65. The Kier molecular flexibility index (Phi) is 7.53. The van der Waals surface area contributed by atoms with Gasteiger partial charge in [-0.05, 0) is 38.8 Å². The molecule has 26 heavy (non-hydrogen) atoms. The minimum Gasteiger partial charge on any atom is -0.456 e. The van der Waals surface area contributed by atoms with E-state index in [-0.39, 0.29) is 18.9 Å². The highest BCUT2D eigenvalue weighted by atomic mass is 32.1. The van der Waals surface area contributed by atoms with Gasteiger partial charge in [-0.2, -0.15) is 0 Å². The lowest BCUT2D eigenvalue weighted by Gasteiger charge is -2.13. The second-order valence-corrected chi connectivity index (χ2v) is 6.89. The number of ether oxygens (including phenoxy) is 1. The number of likely N-dealkylation sites (N-methyl/N-ethyl adjacent to an activating group) is 1. The Bertz CT molecular complexity index is 742. The van der Waals surface area contributed by atoms with E-state index in [0.29, 0.717) is 19.4 Å². The number of carbonyl (C=O) groups is 3. The zero-order chi connectivity index (χ0) is 18.9. The third-order valence-corrected chi connectivity index (χ3v) is 4.69. The molecule has 0 bridgehead atoms. The van der Waals surface area contributed by atoms with Gasteiger partial charge < -0.3 is 15.4 Å². The molecular weight excluding hydrogens is 354 g/mol. The van der Waals surface area contributed by atoms with Gasteiger partial charge >= 0.3 is 5.97 Å². The summed E-state index contributed by atoms with van der Waals surface area (Å²) in [5.74, 6) is -1.21. The number of amides is 2. The van der Waals surface area contributed by atoms with Gasteiger partial charge in [0.05, 0.1) is 15.2 Å². The van der Waals surface area contributed by atoms with Crippen molar-refractivity contribution in [3.05, 3.63) is 29.3 Å². The molecule has 2 amide bonds. The summed E-state index contributed by atoms with van der Waals surface area (Å²) < 4.78 is 6.07. The molecule has 0 radical (unpaired) electrons. The quantitative estimate of drug-likeness (QED) is 0.650. The van der Waals surface area contributed by atoms with Crippen molar-refractivity contribution >= 4 is 39.3 Å². The summed E-state index contributed by atoms with van der Waals surface area (Å²) in [6, 6.07) is 7.23. The van der Waals surface area contributed by atoms with Crippen LogP contribution in [0.25, 0.3) is 10.2 Å². The van der Waals surface area contributed by atoms with Gasteiger partial charge in [0.15, 0.2) is 6.61 Å². The Labute approximate surface area is 156 Å². The van der Waals surface area contributed by atoms with E-state index in [1.54, 1.807) is 25.2 Å². The van der Waals surface area contributed by atoms with Gasteiger partial charge in [0.2, 0.25) is 5.91 Å². The number of thiazole rings is 1. The summed E-state index contributed by atoms with van der Waals surface area (Å²) in [5, 5.41) is 6.06. The normalized spacial score (nSPS) is 11.8. The number of nitrogens with zero attached hydrogens (tertiary/aromatic N) is 1. The largest absolute Gasteiger partial charge is 0.456 e. The number of rotatable bonds is 9. The van der Waals surface area contributed by atoms with Crippen LogP contribution in [0.5, 0.6) is 0 Å². The predicted octanol–water partition coefficient (Wildman–Crippen LogP) is 1.80. The summed E-state index contributed by atoms with van der Waals surface area (Å²) >= 11 is 1.62. The van der Waals surface area contributed by atoms with E-state index in [9.17, 15) is 14.4 Å². The SMILES string of the molecule is CCNC(=O)[C@@H](C)NC(=O)COC(=O)CCCc1nc2ccccc2s1. The van der Waals surface area contributed by atoms with Gasteiger partial charge in [0.1, 0.15) is 6.04 Å². The number of fused-ring (bicyclic) bond motifs is 1. The molecule has 2 N–H and O–H groups in total. The highest BCUT2D eigenvalue weighted by Crippen LogP contribution is 2.22. The number of benzene rings is 1. The van der Waals surface area contributed by atoms with E-state index in [2.05, 4.69) is 15.6 Å². The van der Waals surface area contributed by atoms with Gasteiger partial charge in [-0.15, -0.1) is 11.3 Å². The monoisotopic (exact) mass is 377 g/mol. The lowest BCUT2D eigenvalue weighted by Crippen LogP contribution is -2.46. The van der Waals surface area contributed by atoms with Crippen LogP contribution in [0.4, 0.5) is 0 Å². The number of hydrogen-bond donors (Lipinski definition) is 2. The fourth-order valence-corrected chi connectivity index (χ4v) is 3.31. The maximum Gasteiger partial charge on any atom is 0.306 e. The van der Waals surface area contributed by atoms with E-state index in [4.69, 9.17) is 4.74 Å². The first kappa shape index (κ1) is 19.8. The molecule has 2 aromatic rings. The zero-order valence-corrected chi connectivity index (χ0v) is 15.7. The van der Waals surface area contributed by atoms with Crippen LogP contribution in [0.15, 0.2) is 24.3 Å². The molecule has 0 unspecified atom stereocenters. The third kappa shape index (κ3) is 6.11. The van der Waals surface area contributed by atoms with Gasteiger partial charge in [0, 0.05) is 13.0 Å². The smallest absolute Gasteiger partial charge is 0.306 e. The van der Waals surface area contributed by atoms with Crippen molar-refractivity contribution in [2.75, 3.05) is 13.2 Å². The van der Waals surface area contributed by atoms with Crippen LogP contribution >= 0.6 is 11.3 Å². The van der Waals surface area contributed by atoms with Crippen LogP contribution in [0, 0.1) is 0 Å². The first-order chi connectivity index (χ1) is 12.5. The Morgan fingerprint density at radius 3 is 2.77 bits per heavy atom. The number of hydrogen-bond acceptors (Lipinski definition) is 6. The van der Waals surface area contributed by atoms with Crippen LogP contribution in [0.3, 0.4) is 0 Å². The molecule has 7 nitrogen and oxygen atoms in total. The molecule has 0 saturated heterocycles. The molecule has 1 atom stereocenters. The Morgan fingerprint density at radius 1 is 1.27 bits per heavy atom. The summed E-state index contributed by atoms with van der Waals surface area (Å²) in [4.78, 5) is 39.4. The fraction of sp³-hybridized carbons (Fsp3) is 0.444. The van der Waals surface area contributed by atoms with Gasteiger partial charge in [-0.3, -0.25) is 14.4 Å². The summed E-state index contributed by atoms with van der Waals surface area (Å²) in [6.45, 7) is 3.47. The average Bonchev–Trinajstić information content (AvgIpc) is 3.03. The molecule has 0 aliphatic carbocycles. The predicted molar refractivity (Wildman–Crippen MR) is 99.8 cm³/mol. The van der Waals surface area contributed by atoms with Crippen molar-refractivity contribution < 1.29 is 19.1 Å². The van der Waals surface area contributed by atoms with Crippen molar-refractivity contribution in [3.63, 3.8) is 0 Å². The summed E-state index contributed by atoms with van der Waals surface area (Å²) in [6.07, 6.45) is 1.51. The highest BCUT2D eigenvalue weighted by Gasteiger charge is 2.15. The third-order valence-electron chi connectivity index (χ3n) is 3.60. The minimum absolute atomic E-state index is 0.217. The molecule has 0 saturated carbocycles. The number of carbonyl (C=O) groups excluding carboxylic acids is 3. The minimum atomic E-state index is -0.666. The van der Waals surface area contributed by atoms with Crippen LogP contribution < -0.4 is 10.6 Å². The maximum absolute atomic E-state index is 11.7. The second-order valence-electron chi connectivity index (χ2n) is 5.77. The Morgan fingerprint density at radius 2 is 2.04 bits per heavy atom. The first-order valence-electron chi connectivity index (χ1n) is 8.56. The number of aromatic nitrogens is 1. The number of esters is 1. The van der Waals surface area contributed by atoms with Crippen molar-refractivity contribution in [1.29, 1.82) is 0 Å². The zero-order valence-electron chi connectivity index (χ0n) is 14.9. The van der Waals surface area contributed by atoms with Crippen LogP contribution in [0.2, 0.25) is 0 Å². The van der Waals surface area contributed by atoms with E-state index >= 15 is 0 Å². The first-order valence-corrected chi connectivity index (χ1v) is 9.38. The molecule has 0 aliphatic heterocycles. The van der Waals surface area contributed by atoms with Crippen LogP contribution in [-0.2, 0) is 25.5 Å². The number of nitrogens with one attached hydrogen (secondary N) is 2. The molecular formula is C18H23N3O4S. The van der Waals surface area contributed by atoms with E-state index in [0.717, 1.165) is 15.2 Å². The summed E-state index contributed by atoms with van der Waals surface area (Å²) in [5.41, 5.74) is 0.966. The Hall–Kier alpha value is -2.48. The molecule has 140 valence electrons. The highest BCUT2D eigenvalue weighted by molar-refractivity contribution is 7.18. The van der Waals surface area contributed by atoms with Crippen molar-refractivity contribution in [2.24, 2.45) is 0 Å². The fourth-order valence-electron chi connectivity index (χ4n) is 2.31. The maximum atomic E-state index is 11.7. The van der Waals surface area contributed by atoms with Gasteiger partial charge in [0.25, 0.3) is 5.91 Å². The molecule has 8 heteroatoms. The number of para-hydroxylation sites is 1. The molecule has 1 aromatic heterocycles. The molecule has 1 aromatic carbocycles. The lowest BCUT2D eigenvalue weighted by atomic mass is 10.2. The van der Waals surface area contributed by atoms with Crippen molar-refractivity contribution in [3.8, 4) is 0 Å². The summed E-state index contributed by atoms with van der Waals surface area (Å²) in [7, 11) is 0. The van der Waals surface area contributed by atoms with Crippen LogP contribution in [-0.4, -0.2) is 42.0 Å². The van der Waals surface area contributed by atoms with E-state index < -0.39 is 17.9 Å². The topological polar surface area (TPSA) is 97.4 Å². The molecule has 0 spiro atoms. The molecule has 2 rings (SSSR count).